The minimum Gasteiger partial charge on any atom is -0.228 e. The number of rotatable bonds is 4. The van der Waals surface area contributed by atoms with Crippen LogP contribution in [0.15, 0.2) is 17.3 Å². The van der Waals surface area contributed by atoms with Crippen LogP contribution in [-0.2, 0) is 4.79 Å². The zero-order chi connectivity index (χ0) is 14.5. The molecule has 0 amide bonds. The van der Waals surface area contributed by atoms with Gasteiger partial charge in [0.2, 0.25) is 12.0 Å². The predicted octanol–water partition coefficient (Wildman–Crippen LogP) is 3.92. The molecule has 0 spiro atoms. The lowest BCUT2D eigenvalue weighted by atomic mass is 9.75. The van der Waals surface area contributed by atoms with Crippen LogP contribution < -0.4 is 0 Å². The molecule has 108 valence electrons. The summed E-state index contributed by atoms with van der Waals surface area (Å²) in [5.41, 5.74) is 1.76. The molecular weight excluding hydrogens is 255 g/mol. The largest absolute Gasteiger partial charge is 0.235 e. The minimum atomic E-state index is -0.360. The summed E-state index contributed by atoms with van der Waals surface area (Å²) in [5, 5.41) is 0. The summed E-state index contributed by atoms with van der Waals surface area (Å²) >= 11 is 0. The highest BCUT2D eigenvalue weighted by atomic mass is 19.1. The third kappa shape index (κ3) is 3.13. The molecule has 1 atom stereocenters. The van der Waals surface area contributed by atoms with Gasteiger partial charge in [-0.15, -0.1) is 0 Å². The Bertz CT molecular complexity index is 503. The van der Waals surface area contributed by atoms with Gasteiger partial charge >= 0.3 is 0 Å². The Morgan fingerprint density at radius 1 is 1.45 bits per heavy atom. The molecule has 1 aliphatic carbocycles. The first kappa shape index (κ1) is 14.9. The molecule has 0 bridgehead atoms. The smallest absolute Gasteiger partial charge is 0.228 e. The molecule has 0 aromatic carbocycles. The normalized spacial score (nSPS) is 23.9. The summed E-state index contributed by atoms with van der Waals surface area (Å²) in [6.07, 6.45) is 8.26. The molecule has 1 aliphatic rings. The first-order valence-electron chi connectivity index (χ1n) is 7.35. The van der Waals surface area contributed by atoms with Gasteiger partial charge in [0.15, 0.2) is 0 Å². The van der Waals surface area contributed by atoms with E-state index in [4.69, 9.17) is 0 Å². The maximum atomic E-state index is 13.5. The second kappa shape index (κ2) is 6.76. The summed E-state index contributed by atoms with van der Waals surface area (Å²) < 4.78 is 13.5. The highest BCUT2D eigenvalue weighted by Crippen LogP contribution is 2.39. The van der Waals surface area contributed by atoms with Gasteiger partial charge < -0.3 is 0 Å². The van der Waals surface area contributed by atoms with Crippen molar-refractivity contribution in [3.05, 3.63) is 29.3 Å². The van der Waals surface area contributed by atoms with E-state index in [-0.39, 0.29) is 12.0 Å². The van der Waals surface area contributed by atoms with Crippen LogP contribution in [0.1, 0.15) is 56.1 Å². The molecular formula is C16H21FN2O. The molecule has 0 aliphatic heterocycles. The topological polar surface area (TPSA) is 42.3 Å². The van der Waals surface area contributed by atoms with E-state index in [1.807, 2.05) is 6.07 Å². The Kier molecular flexibility index (Phi) is 5.02. The Morgan fingerprint density at radius 2 is 2.15 bits per heavy atom. The van der Waals surface area contributed by atoms with Gasteiger partial charge in [0.25, 0.3) is 0 Å². The van der Waals surface area contributed by atoms with Gasteiger partial charge in [-0.05, 0) is 62.5 Å². The number of isocyanates is 1. The number of nitrogens with zero attached hydrogens (tertiary/aromatic N) is 2. The van der Waals surface area contributed by atoms with Crippen LogP contribution >= 0.6 is 0 Å². The molecule has 20 heavy (non-hydrogen) atoms. The summed E-state index contributed by atoms with van der Waals surface area (Å²) in [6.45, 7) is 3.86. The van der Waals surface area contributed by atoms with Crippen molar-refractivity contribution >= 4 is 6.08 Å². The molecule has 1 aromatic heterocycles. The molecule has 0 N–H and O–H groups in total. The number of carbonyl (C=O) groups excluding carboxylic acids is 1. The standard InChI is InChI=1S/C16H21FN2O/c1-3-15(19-10-20)13-6-4-12(5-7-13)14-8-9-18-16(17)11(14)2/h8-9,12-13,15H,3-7H2,1-2H3/t12-,13+,15?. The molecule has 1 heterocycles. The Labute approximate surface area is 119 Å². The molecule has 3 nitrogen and oxygen atoms in total. The number of aromatic nitrogens is 1. The Balaban J connectivity index is 2.04. The first-order valence-corrected chi connectivity index (χ1v) is 7.35. The van der Waals surface area contributed by atoms with Crippen LogP contribution in [0, 0.1) is 18.8 Å². The van der Waals surface area contributed by atoms with E-state index in [1.165, 1.54) is 0 Å². The molecule has 1 fully saturated rings. The van der Waals surface area contributed by atoms with Crippen molar-refractivity contribution in [2.24, 2.45) is 10.9 Å². The van der Waals surface area contributed by atoms with E-state index in [0.29, 0.717) is 17.4 Å². The second-order valence-corrected chi connectivity index (χ2v) is 5.62. The van der Waals surface area contributed by atoms with Crippen molar-refractivity contribution in [3.8, 4) is 0 Å². The fourth-order valence-corrected chi connectivity index (χ4v) is 3.38. The lowest BCUT2D eigenvalue weighted by molar-refractivity contribution is 0.277. The number of hydrogen-bond donors (Lipinski definition) is 0. The second-order valence-electron chi connectivity index (χ2n) is 5.62. The lowest BCUT2D eigenvalue weighted by Crippen LogP contribution is -2.23. The lowest BCUT2D eigenvalue weighted by Gasteiger charge is -2.32. The number of pyridine rings is 1. The summed E-state index contributed by atoms with van der Waals surface area (Å²) in [7, 11) is 0. The first-order chi connectivity index (χ1) is 9.67. The van der Waals surface area contributed by atoms with Gasteiger partial charge in [0, 0.05) is 11.8 Å². The fraction of sp³-hybridized carbons (Fsp3) is 0.625. The minimum absolute atomic E-state index is 0.101. The van der Waals surface area contributed by atoms with Crippen LogP contribution in [0.3, 0.4) is 0 Å². The van der Waals surface area contributed by atoms with Crippen LogP contribution in [0.25, 0.3) is 0 Å². The zero-order valence-corrected chi connectivity index (χ0v) is 12.1. The van der Waals surface area contributed by atoms with E-state index in [2.05, 4.69) is 16.9 Å². The molecule has 1 unspecified atom stereocenters. The summed E-state index contributed by atoms with van der Waals surface area (Å²) in [6, 6.07) is 2.04. The monoisotopic (exact) mass is 276 g/mol. The Hall–Kier alpha value is -1.54. The summed E-state index contributed by atoms with van der Waals surface area (Å²) in [5.74, 6) is 0.507. The van der Waals surface area contributed by atoms with Crippen molar-refractivity contribution in [1.29, 1.82) is 0 Å². The van der Waals surface area contributed by atoms with Gasteiger partial charge in [-0.3, -0.25) is 0 Å². The average Bonchev–Trinajstić information content (AvgIpc) is 2.48. The zero-order valence-electron chi connectivity index (χ0n) is 12.1. The molecule has 0 saturated heterocycles. The number of halogens is 1. The van der Waals surface area contributed by atoms with Crippen LogP contribution in [-0.4, -0.2) is 17.1 Å². The maximum Gasteiger partial charge on any atom is 0.235 e. The van der Waals surface area contributed by atoms with E-state index < -0.39 is 0 Å². The van der Waals surface area contributed by atoms with Crippen LogP contribution in [0.5, 0.6) is 0 Å². The van der Waals surface area contributed by atoms with Crippen LogP contribution in [0.4, 0.5) is 4.39 Å². The third-order valence-corrected chi connectivity index (χ3v) is 4.58. The van der Waals surface area contributed by atoms with Crippen molar-refractivity contribution in [2.75, 3.05) is 0 Å². The molecule has 0 radical (unpaired) electrons. The van der Waals surface area contributed by atoms with Gasteiger partial charge in [-0.25, -0.2) is 14.8 Å². The molecule has 4 heteroatoms. The SMILES string of the molecule is CCC(N=C=O)[C@H]1CC[C@@H](c2ccnc(F)c2C)CC1. The quantitative estimate of drug-likeness (QED) is 0.475. The van der Waals surface area contributed by atoms with Crippen molar-refractivity contribution in [1.82, 2.24) is 4.98 Å². The average molecular weight is 276 g/mol. The van der Waals surface area contributed by atoms with E-state index in [9.17, 15) is 9.18 Å². The molecule has 1 saturated carbocycles. The predicted molar refractivity (Wildman–Crippen MR) is 75.8 cm³/mol. The molecule has 1 aromatic rings. The van der Waals surface area contributed by atoms with E-state index in [0.717, 1.165) is 37.7 Å². The van der Waals surface area contributed by atoms with Gasteiger partial charge in [-0.2, -0.15) is 4.39 Å². The highest BCUT2D eigenvalue weighted by molar-refractivity contribution is 5.33. The summed E-state index contributed by atoms with van der Waals surface area (Å²) in [4.78, 5) is 18.1. The van der Waals surface area contributed by atoms with Crippen LogP contribution in [0.2, 0.25) is 0 Å². The highest BCUT2D eigenvalue weighted by Gasteiger charge is 2.28. The van der Waals surface area contributed by atoms with E-state index >= 15 is 0 Å². The van der Waals surface area contributed by atoms with E-state index in [1.54, 1.807) is 19.2 Å². The van der Waals surface area contributed by atoms with Crippen molar-refractivity contribution in [3.63, 3.8) is 0 Å². The maximum absolute atomic E-state index is 13.5. The van der Waals surface area contributed by atoms with Gasteiger partial charge in [0.05, 0.1) is 6.04 Å². The number of aliphatic imine (C=N–C) groups is 1. The molecule has 2 rings (SSSR count). The Morgan fingerprint density at radius 3 is 2.75 bits per heavy atom. The van der Waals surface area contributed by atoms with Gasteiger partial charge in [-0.1, -0.05) is 6.92 Å². The van der Waals surface area contributed by atoms with Crippen molar-refractivity contribution < 1.29 is 9.18 Å². The van der Waals surface area contributed by atoms with Crippen molar-refractivity contribution in [2.45, 2.75) is 57.9 Å². The number of hydrogen-bond acceptors (Lipinski definition) is 3. The fourth-order valence-electron chi connectivity index (χ4n) is 3.38. The third-order valence-electron chi connectivity index (χ3n) is 4.58. The van der Waals surface area contributed by atoms with Gasteiger partial charge in [0.1, 0.15) is 0 Å².